The third-order valence-corrected chi connectivity index (χ3v) is 7.12. The van der Waals surface area contributed by atoms with E-state index in [-0.39, 0.29) is 16.3 Å². The summed E-state index contributed by atoms with van der Waals surface area (Å²) in [7, 11) is 0. The van der Waals surface area contributed by atoms with Gasteiger partial charge in [0.15, 0.2) is 0 Å². The number of aryl methyl sites for hydroxylation is 1. The highest BCUT2D eigenvalue weighted by atomic mass is 32.2. The molecule has 3 aromatic heterocycles. The average molecular weight is 405 g/mol. The molecule has 1 aliphatic carbocycles. The normalized spacial score (nSPS) is 18.6. The van der Waals surface area contributed by atoms with E-state index < -0.39 is 0 Å². The van der Waals surface area contributed by atoms with Crippen molar-refractivity contribution in [3.8, 4) is 0 Å². The van der Waals surface area contributed by atoms with Gasteiger partial charge in [0, 0.05) is 4.88 Å². The molecule has 1 N–H and O–H groups in total. The van der Waals surface area contributed by atoms with Gasteiger partial charge in [-0.05, 0) is 68.9 Å². The molecule has 9 heteroatoms. The Hall–Kier alpha value is -1.74. The standard InChI is InChI=1S/C18H24N6OS2/c1-9-6-7-11-12(8-9)27-16-13(11)15(25)19-14(20-16)10(2)26-17-21-22-23-24(17)18(3,4)5/h9-10H,6-8H2,1-5H3,(H,19,20,25)/t9-,10+/m1/s1. The molecule has 3 heterocycles. The summed E-state index contributed by atoms with van der Waals surface area (Å²) in [6.45, 7) is 10.5. The van der Waals surface area contributed by atoms with E-state index in [0.717, 1.165) is 34.6 Å². The van der Waals surface area contributed by atoms with Crippen LogP contribution in [0.15, 0.2) is 9.95 Å². The molecule has 1 aliphatic rings. The SMILES string of the molecule is C[C@@H]1CCc2c(sc3nc([C@H](C)Sc4nnnn4C(C)(C)C)[nH]c(=O)c23)C1. The maximum Gasteiger partial charge on any atom is 0.259 e. The van der Waals surface area contributed by atoms with E-state index in [1.807, 2.05) is 6.92 Å². The predicted octanol–water partition coefficient (Wildman–Crippen LogP) is 3.70. The number of H-pyrrole nitrogens is 1. The molecule has 0 amide bonds. The highest BCUT2D eigenvalue weighted by Gasteiger charge is 2.26. The van der Waals surface area contributed by atoms with Crippen molar-refractivity contribution in [2.45, 2.75) is 69.8 Å². The molecule has 2 atom stereocenters. The fourth-order valence-electron chi connectivity index (χ4n) is 3.45. The van der Waals surface area contributed by atoms with E-state index >= 15 is 0 Å². The van der Waals surface area contributed by atoms with Gasteiger partial charge < -0.3 is 4.98 Å². The Kier molecular flexibility index (Phi) is 4.62. The topological polar surface area (TPSA) is 89.3 Å². The van der Waals surface area contributed by atoms with E-state index in [9.17, 15) is 4.79 Å². The van der Waals surface area contributed by atoms with Gasteiger partial charge in [0.1, 0.15) is 10.7 Å². The number of thiophene rings is 1. The Bertz CT molecular complexity index is 1040. The van der Waals surface area contributed by atoms with Gasteiger partial charge in [-0.1, -0.05) is 18.7 Å². The first kappa shape index (κ1) is 18.6. The fourth-order valence-corrected chi connectivity index (χ4v) is 5.87. The molecular weight excluding hydrogens is 380 g/mol. The zero-order chi connectivity index (χ0) is 19.3. The van der Waals surface area contributed by atoms with Gasteiger partial charge in [-0.25, -0.2) is 9.67 Å². The second kappa shape index (κ2) is 6.70. The number of nitrogens with one attached hydrogen (secondary N) is 1. The second-order valence-corrected chi connectivity index (χ2v) is 10.7. The molecule has 0 saturated heterocycles. The van der Waals surface area contributed by atoms with E-state index in [4.69, 9.17) is 4.98 Å². The first-order valence-corrected chi connectivity index (χ1v) is 10.9. The molecule has 0 aliphatic heterocycles. The van der Waals surface area contributed by atoms with Crippen LogP contribution in [-0.4, -0.2) is 30.2 Å². The van der Waals surface area contributed by atoms with Gasteiger partial charge in [0.05, 0.1) is 16.2 Å². The molecule has 0 aromatic carbocycles. The van der Waals surface area contributed by atoms with Crippen LogP contribution in [0.2, 0.25) is 0 Å². The number of thioether (sulfide) groups is 1. The molecule has 0 spiro atoms. The zero-order valence-corrected chi connectivity index (χ0v) is 17.9. The van der Waals surface area contributed by atoms with Gasteiger partial charge in [-0.2, -0.15) is 0 Å². The van der Waals surface area contributed by atoms with Crippen molar-refractivity contribution in [3.05, 3.63) is 26.6 Å². The van der Waals surface area contributed by atoms with Gasteiger partial charge >= 0.3 is 0 Å². The van der Waals surface area contributed by atoms with Gasteiger partial charge in [0.25, 0.3) is 5.56 Å². The fraction of sp³-hybridized carbons (Fsp3) is 0.611. The van der Waals surface area contributed by atoms with E-state index in [0.29, 0.717) is 11.7 Å². The minimum absolute atomic E-state index is 0.0232. The summed E-state index contributed by atoms with van der Waals surface area (Å²) in [5, 5.41) is 13.5. The predicted molar refractivity (Wildman–Crippen MR) is 109 cm³/mol. The Labute approximate surface area is 166 Å². The number of nitrogens with zero attached hydrogens (tertiary/aromatic N) is 5. The number of aromatic nitrogens is 6. The lowest BCUT2D eigenvalue weighted by Gasteiger charge is -2.20. The number of tetrazole rings is 1. The van der Waals surface area contributed by atoms with Crippen LogP contribution < -0.4 is 5.56 Å². The summed E-state index contributed by atoms with van der Waals surface area (Å²) in [5.41, 5.74) is 0.982. The van der Waals surface area contributed by atoms with Crippen molar-refractivity contribution in [1.29, 1.82) is 0 Å². The van der Waals surface area contributed by atoms with E-state index in [2.05, 4.69) is 48.2 Å². The number of fused-ring (bicyclic) bond motifs is 3. The smallest absolute Gasteiger partial charge is 0.259 e. The molecule has 4 rings (SSSR count). The molecule has 0 bridgehead atoms. The maximum atomic E-state index is 12.8. The van der Waals surface area contributed by atoms with Crippen molar-refractivity contribution in [2.24, 2.45) is 5.92 Å². The summed E-state index contributed by atoms with van der Waals surface area (Å²) < 4.78 is 1.80. The maximum absolute atomic E-state index is 12.8. The summed E-state index contributed by atoms with van der Waals surface area (Å²) in [5.74, 6) is 1.35. The van der Waals surface area contributed by atoms with Crippen LogP contribution in [0, 0.1) is 5.92 Å². The Morgan fingerprint density at radius 2 is 2.15 bits per heavy atom. The molecule has 7 nitrogen and oxygen atoms in total. The lowest BCUT2D eigenvalue weighted by molar-refractivity contribution is 0.321. The van der Waals surface area contributed by atoms with Gasteiger partial charge in [-0.15, -0.1) is 16.4 Å². The molecule has 144 valence electrons. The number of rotatable bonds is 3. The van der Waals surface area contributed by atoms with Crippen LogP contribution >= 0.6 is 23.1 Å². The van der Waals surface area contributed by atoms with Crippen molar-refractivity contribution >= 4 is 33.3 Å². The summed E-state index contributed by atoms with van der Waals surface area (Å²) in [6.07, 6.45) is 3.17. The molecule has 0 saturated carbocycles. The lowest BCUT2D eigenvalue weighted by atomic mass is 9.89. The molecule has 0 radical (unpaired) electrons. The first-order valence-electron chi connectivity index (χ1n) is 9.24. The highest BCUT2D eigenvalue weighted by Crippen LogP contribution is 2.37. The first-order chi connectivity index (χ1) is 12.7. The summed E-state index contributed by atoms with van der Waals surface area (Å²) >= 11 is 3.19. The van der Waals surface area contributed by atoms with E-state index in [1.54, 1.807) is 16.0 Å². The zero-order valence-electron chi connectivity index (χ0n) is 16.2. The van der Waals surface area contributed by atoms with Gasteiger partial charge in [0.2, 0.25) is 5.16 Å². The van der Waals surface area contributed by atoms with Crippen molar-refractivity contribution in [3.63, 3.8) is 0 Å². The van der Waals surface area contributed by atoms with Crippen molar-refractivity contribution in [1.82, 2.24) is 30.2 Å². The third kappa shape index (κ3) is 3.42. The molecule has 0 unspecified atom stereocenters. The second-order valence-electron chi connectivity index (χ2n) is 8.29. The Morgan fingerprint density at radius 1 is 1.37 bits per heavy atom. The Balaban J connectivity index is 1.68. The minimum atomic E-state index is -0.208. The number of hydrogen-bond donors (Lipinski definition) is 1. The quantitative estimate of drug-likeness (QED) is 0.670. The van der Waals surface area contributed by atoms with Crippen LogP contribution in [0.3, 0.4) is 0 Å². The van der Waals surface area contributed by atoms with Crippen LogP contribution in [0.1, 0.15) is 62.6 Å². The lowest BCUT2D eigenvalue weighted by Crippen LogP contribution is -2.24. The van der Waals surface area contributed by atoms with Crippen molar-refractivity contribution < 1.29 is 0 Å². The Morgan fingerprint density at radius 3 is 2.89 bits per heavy atom. The average Bonchev–Trinajstić information content (AvgIpc) is 3.17. The molecule has 27 heavy (non-hydrogen) atoms. The van der Waals surface area contributed by atoms with E-state index in [1.165, 1.54) is 22.2 Å². The molecule has 3 aromatic rings. The van der Waals surface area contributed by atoms with Crippen LogP contribution in [0.4, 0.5) is 0 Å². The summed E-state index contributed by atoms with van der Waals surface area (Å²) in [4.78, 5) is 22.8. The number of hydrogen-bond acceptors (Lipinski definition) is 7. The van der Waals surface area contributed by atoms with Crippen LogP contribution in [-0.2, 0) is 18.4 Å². The molecule has 0 fully saturated rings. The monoisotopic (exact) mass is 404 g/mol. The summed E-state index contributed by atoms with van der Waals surface area (Å²) in [6, 6.07) is 0. The third-order valence-electron chi connectivity index (χ3n) is 4.93. The largest absolute Gasteiger partial charge is 0.309 e. The van der Waals surface area contributed by atoms with Crippen LogP contribution in [0.25, 0.3) is 10.2 Å². The van der Waals surface area contributed by atoms with Crippen LogP contribution in [0.5, 0.6) is 0 Å². The molecular formula is C18H24N6OS2. The number of aromatic amines is 1. The highest BCUT2D eigenvalue weighted by molar-refractivity contribution is 7.99. The minimum Gasteiger partial charge on any atom is -0.309 e. The van der Waals surface area contributed by atoms with Crippen molar-refractivity contribution in [2.75, 3.05) is 0 Å². The van der Waals surface area contributed by atoms with Gasteiger partial charge in [-0.3, -0.25) is 4.79 Å².